The van der Waals surface area contributed by atoms with Crippen LogP contribution in [-0.4, -0.2) is 47.4 Å². The Morgan fingerprint density at radius 2 is 1.70 bits per heavy atom. The van der Waals surface area contributed by atoms with Crippen LogP contribution in [0.1, 0.15) is 29.5 Å². The molecule has 1 saturated heterocycles. The fourth-order valence-electron chi connectivity index (χ4n) is 5.64. The fourth-order valence-corrected chi connectivity index (χ4v) is 7.11. The van der Waals surface area contributed by atoms with E-state index in [0.29, 0.717) is 11.6 Å². The summed E-state index contributed by atoms with van der Waals surface area (Å²) < 4.78 is 81.9. The molecule has 2 heterocycles. The summed E-state index contributed by atoms with van der Waals surface area (Å²) in [4.78, 5) is 17.9. The molecule has 0 radical (unpaired) electrons. The first-order valence-corrected chi connectivity index (χ1v) is 15.7. The van der Waals surface area contributed by atoms with Crippen LogP contribution >= 0.6 is 0 Å². The van der Waals surface area contributed by atoms with Crippen LogP contribution in [-0.2, 0) is 27.4 Å². The van der Waals surface area contributed by atoms with Crippen molar-refractivity contribution in [1.29, 1.82) is 5.26 Å². The summed E-state index contributed by atoms with van der Waals surface area (Å²) in [5, 5.41) is 23.7. The summed E-state index contributed by atoms with van der Waals surface area (Å²) in [6, 6.07) is 19.2. The number of anilines is 1. The highest BCUT2D eigenvalue weighted by Crippen LogP contribution is 2.37. The molecule has 0 aliphatic carbocycles. The number of halogens is 4. The normalized spacial score (nSPS) is 15.9. The van der Waals surface area contributed by atoms with Crippen molar-refractivity contribution in [1.82, 2.24) is 9.29 Å². The number of sulfonamides is 1. The van der Waals surface area contributed by atoms with Crippen molar-refractivity contribution in [3.8, 4) is 17.2 Å². The zero-order valence-electron chi connectivity index (χ0n) is 24.2. The molecule has 8 nitrogen and oxygen atoms in total. The predicted molar refractivity (Wildman–Crippen MR) is 161 cm³/mol. The number of benzene rings is 3. The molecule has 46 heavy (non-hydrogen) atoms. The summed E-state index contributed by atoms with van der Waals surface area (Å²) in [5.74, 6) is -2.36. The van der Waals surface area contributed by atoms with Gasteiger partial charge in [0.05, 0.1) is 22.1 Å². The van der Waals surface area contributed by atoms with Gasteiger partial charge in [0.1, 0.15) is 11.4 Å². The van der Waals surface area contributed by atoms with Crippen LogP contribution in [0.25, 0.3) is 11.1 Å². The van der Waals surface area contributed by atoms with E-state index in [4.69, 9.17) is 5.26 Å². The van der Waals surface area contributed by atoms with Crippen molar-refractivity contribution in [3.05, 3.63) is 114 Å². The highest BCUT2D eigenvalue weighted by molar-refractivity contribution is 7.89. The van der Waals surface area contributed by atoms with E-state index in [1.165, 1.54) is 10.4 Å². The van der Waals surface area contributed by atoms with E-state index in [1.54, 1.807) is 36.7 Å². The Morgan fingerprint density at radius 3 is 2.33 bits per heavy atom. The molecule has 3 aromatic carbocycles. The van der Waals surface area contributed by atoms with Gasteiger partial charge in [-0.2, -0.15) is 22.7 Å². The largest absolute Gasteiger partial charge is 0.417 e. The Labute approximate surface area is 263 Å². The lowest BCUT2D eigenvalue weighted by Gasteiger charge is -2.40. The van der Waals surface area contributed by atoms with E-state index in [2.05, 4.69) is 10.3 Å². The number of amides is 1. The summed E-state index contributed by atoms with van der Waals surface area (Å²) in [6.07, 6.45) is -1.73. The number of aliphatic hydroxyl groups is 1. The average molecular weight is 653 g/mol. The maximum Gasteiger partial charge on any atom is 0.417 e. The molecule has 1 aliphatic rings. The standard InChI is InChI=1S/C33H28F4N4O4S/c34-27-7-10-29(11-8-27)46(44,45)41-15-12-26(13-16-41)32(43,19-22-3-1-4-23(17-22)25-5-2-14-39-21-25)31(42)40-28-9-6-24(20-38)30(18-28)33(35,36)37/h1-11,14,17-18,21,26,43H,12-13,15-16,19H2,(H,40,42). The van der Waals surface area contributed by atoms with Crippen molar-refractivity contribution in [2.45, 2.75) is 35.9 Å². The first-order valence-electron chi connectivity index (χ1n) is 14.2. The zero-order chi connectivity index (χ0) is 33.1. The Bertz CT molecular complexity index is 1870. The van der Waals surface area contributed by atoms with E-state index in [9.17, 15) is 35.9 Å². The number of nitrogens with zero attached hydrogens (tertiary/aromatic N) is 3. The van der Waals surface area contributed by atoms with E-state index < -0.39 is 50.6 Å². The number of rotatable bonds is 8. The summed E-state index contributed by atoms with van der Waals surface area (Å²) in [6.45, 7) is -0.129. The minimum absolute atomic E-state index is 0.0494. The monoisotopic (exact) mass is 652 g/mol. The smallest absolute Gasteiger partial charge is 0.379 e. The number of pyridine rings is 1. The number of piperidine rings is 1. The average Bonchev–Trinajstić information content (AvgIpc) is 3.05. The third-order valence-electron chi connectivity index (χ3n) is 8.07. The van der Waals surface area contributed by atoms with Crippen LogP contribution in [0.15, 0.2) is 96.2 Å². The second-order valence-electron chi connectivity index (χ2n) is 11.0. The number of nitrogens with one attached hydrogen (secondary N) is 1. The van der Waals surface area contributed by atoms with Gasteiger partial charge < -0.3 is 10.4 Å². The number of hydrogen-bond acceptors (Lipinski definition) is 6. The van der Waals surface area contributed by atoms with Gasteiger partial charge in [-0.1, -0.05) is 30.3 Å². The van der Waals surface area contributed by atoms with Crippen molar-refractivity contribution >= 4 is 21.6 Å². The molecular weight excluding hydrogens is 624 g/mol. The lowest BCUT2D eigenvalue weighted by Crippen LogP contribution is -2.54. The molecule has 1 amide bonds. The van der Waals surface area contributed by atoms with Crippen molar-refractivity contribution in [2.75, 3.05) is 18.4 Å². The quantitative estimate of drug-likeness (QED) is 0.232. The van der Waals surface area contributed by atoms with Crippen LogP contribution in [0.3, 0.4) is 0 Å². The van der Waals surface area contributed by atoms with Crippen LogP contribution in [0.5, 0.6) is 0 Å². The molecular formula is C33H28F4N4O4S. The first kappa shape index (κ1) is 32.7. The van der Waals surface area contributed by atoms with E-state index >= 15 is 0 Å². The Balaban J connectivity index is 1.45. The second-order valence-corrected chi connectivity index (χ2v) is 12.9. The molecule has 4 aromatic rings. The van der Waals surface area contributed by atoms with Gasteiger partial charge in [0.25, 0.3) is 5.91 Å². The van der Waals surface area contributed by atoms with Gasteiger partial charge >= 0.3 is 6.18 Å². The second kappa shape index (κ2) is 13.0. The fraction of sp³-hybridized carbons (Fsp3) is 0.242. The van der Waals surface area contributed by atoms with Gasteiger partial charge in [-0.15, -0.1) is 0 Å². The topological polar surface area (TPSA) is 123 Å². The molecule has 1 atom stereocenters. The van der Waals surface area contributed by atoms with Gasteiger partial charge in [-0.3, -0.25) is 9.78 Å². The van der Waals surface area contributed by atoms with Crippen molar-refractivity contribution in [2.24, 2.45) is 5.92 Å². The lowest BCUT2D eigenvalue weighted by molar-refractivity contribution is -0.142. The molecule has 0 bridgehead atoms. The summed E-state index contributed by atoms with van der Waals surface area (Å²) in [7, 11) is -3.99. The van der Waals surface area contributed by atoms with E-state index in [1.807, 2.05) is 12.1 Å². The summed E-state index contributed by atoms with van der Waals surface area (Å²) in [5.41, 5.74) is -2.20. The van der Waals surface area contributed by atoms with Gasteiger partial charge in [0.15, 0.2) is 0 Å². The van der Waals surface area contributed by atoms with E-state index in [0.717, 1.165) is 47.5 Å². The maximum absolute atomic E-state index is 13.9. The Morgan fingerprint density at radius 1 is 1.00 bits per heavy atom. The zero-order valence-corrected chi connectivity index (χ0v) is 25.0. The van der Waals surface area contributed by atoms with Crippen LogP contribution in [0.4, 0.5) is 23.2 Å². The van der Waals surface area contributed by atoms with Gasteiger partial charge in [-0.25, -0.2) is 12.8 Å². The number of carbonyl (C=O) groups is 1. The minimum atomic E-state index is -4.86. The predicted octanol–water partition coefficient (Wildman–Crippen LogP) is 5.79. The maximum atomic E-state index is 13.9. The Kier molecular flexibility index (Phi) is 9.25. The first-order chi connectivity index (χ1) is 21.8. The highest BCUT2D eigenvalue weighted by atomic mass is 32.2. The molecule has 1 unspecified atom stereocenters. The van der Waals surface area contributed by atoms with Gasteiger partial charge in [-0.05, 0) is 84.0 Å². The van der Waals surface area contributed by atoms with Crippen LogP contribution in [0.2, 0.25) is 0 Å². The molecule has 1 aliphatic heterocycles. The lowest BCUT2D eigenvalue weighted by atomic mass is 9.76. The molecule has 0 saturated carbocycles. The molecule has 1 aromatic heterocycles. The number of hydrogen-bond donors (Lipinski definition) is 2. The number of carbonyl (C=O) groups excluding carboxylic acids is 1. The molecule has 13 heteroatoms. The molecule has 5 rings (SSSR count). The van der Waals surface area contributed by atoms with Crippen LogP contribution < -0.4 is 5.32 Å². The summed E-state index contributed by atoms with van der Waals surface area (Å²) >= 11 is 0. The van der Waals surface area contributed by atoms with Crippen LogP contribution in [0, 0.1) is 23.1 Å². The Hall–Kier alpha value is -4.64. The van der Waals surface area contributed by atoms with Gasteiger partial charge in [0, 0.05) is 37.6 Å². The van der Waals surface area contributed by atoms with Crippen molar-refractivity contribution in [3.63, 3.8) is 0 Å². The van der Waals surface area contributed by atoms with Crippen molar-refractivity contribution < 1.29 is 35.9 Å². The SMILES string of the molecule is N#Cc1ccc(NC(=O)C(O)(Cc2cccc(-c3cccnc3)c2)C2CCN(S(=O)(=O)c3ccc(F)cc3)CC2)cc1C(F)(F)F. The third-order valence-corrected chi connectivity index (χ3v) is 9.99. The molecule has 1 fully saturated rings. The van der Waals surface area contributed by atoms with E-state index in [-0.39, 0.29) is 42.9 Å². The molecule has 2 N–H and O–H groups in total. The third kappa shape index (κ3) is 6.94. The number of nitriles is 1. The molecule has 0 spiro atoms. The van der Waals surface area contributed by atoms with Gasteiger partial charge in [0.2, 0.25) is 10.0 Å². The number of aromatic nitrogens is 1. The highest BCUT2D eigenvalue weighted by Gasteiger charge is 2.46. The minimum Gasteiger partial charge on any atom is -0.379 e. The number of alkyl halides is 3. The molecule has 238 valence electrons.